The van der Waals surface area contributed by atoms with Gasteiger partial charge in [-0.05, 0) is 75.9 Å². The lowest BCUT2D eigenvalue weighted by molar-refractivity contribution is 0.164. The maximum Gasteiger partial charge on any atom is 0.266 e. The second-order valence-corrected chi connectivity index (χ2v) is 8.82. The van der Waals surface area contributed by atoms with Gasteiger partial charge in [0.2, 0.25) is 0 Å². The summed E-state index contributed by atoms with van der Waals surface area (Å²) >= 11 is 1.45. The van der Waals surface area contributed by atoms with Gasteiger partial charge in [0.15, 0.2) is 0 Å². The van der Waals surface area contributed by atoms with E-state index in [0.717, 1.165) is 58.5 Å². The maximum absolute atomic E-state index is 12.2. The molecular formula is C21H27N3O2S. The van der Waals surface area contributed by atoms with Crippen LogP contribution in [-0.2, 0) is 6.42 Å². The SMILES string of the molecule is CN(C)CC1CCN(CCc2c(O)ccc3[nH]c(=O)c4sccc4c23)CC1. The third-order valence-corrected chi connectivity index (χ3v) is 6.60. The van der Waals surface area contributed by atoms with E-state index in [2.05, 4.69) is 28.9 Å². The van der Waals surface area contributed by atoms with Crippen molar-refractivity contribution in [3.05, 3.63) is 39.5 Å². The normalized spacial score (nSPS) is 16.7. The smallest absolute Gasteiger partial charge is 0.266 e. The molecule has 1 aromatic carbocycles. The quantitative estimate of drug-likeness (QED) is 0.708. The molecule has 6 heteroatoms. The van der Waals surface area contributed by atoms with E-state index >= 15 is 0 Å². The molecule has 2 N–H and O–H groups in total. The van der Waals surface area contributed by atoms with Crippen LogP contribution in [-0.4, -0.2) is 60.2 Å². The largest absolute Gasteiger partial charge is 0.508 e. The van der Waals surface area contributed by atoms with Gasteiger partial charge in [0.25, 0.3) is 5.56 Å². The molecular weight excluding hydrogens is 358 g/mol. The van der Waals surface area contributed by atoms with Gasteiger partial charge in [0, 0.05) is 34.9 Å². The summed E-state index contributed by atoms with van der Waals surface area (Å²) in [5, 5.41) is 14.4. The molecule has 27 heavy (non-hydrogen) atoms. The summed E-state index contributed by atoms with van der Waals surface area (Å²) in [5.41, 5.74) is 1.71. The van der Waals surface area contributed by atoms with Gasteiger partial charge in [-0.25, -0.2) is 0 Å². The van der Waals surface area contributed by atoms with Gasteiger partial charge in [-0.3, -0.25) is 4.79 Å². The molecule has 1 fully saturated rings. The lowest BCUT2D eigenvalue weighted by Crippen LogP contribution is -2.38. The number of thiophene rings is 1. The minimum absolute atomic E-state index is 0.0490. The molecule has 3 aromatic rings. The maximum atomic E-state index is 12.2. The zero-order valence-corrected chi connectivity index (χ0v) is 16.8. The molecule has 0 unspecified atom stereocenters. The molecule has 0 aliphatic carbocycles. The van der Waals surface area contributed by atoms with Crippen LogP contribution in [0, 0.1) is 5.92 Å². The first-order chi connectivity index (χ1) is 13.0. The van der Waals surface area contributed by atoms with E-state index in [1.807, 2.05) is 11.4 Å². The zero-order valence-electron chi connectivity index (χ0n) is 16.0. The average molecular weight is 386 g/mol. The number of nitrogens with zero attached hydrogens (tertiary/aromatic N) is 2. The number of aromatic nitrogens is 1. The molecule has 1 aliphatic heterocycles. The molecule has 4 rings (SSSR count). The Morgan fingerprint density at radius 1 is 1.26 bits per heavy atom. The second-order valence-electron chi connectivity index (χ2n) is 7.90. The summed E-state index contributed by atoms with van der Waals surface area (Å²) in [6.45, 7) is 4.34. The van der Waals surface area contributed by atoms with E-state index in [9.17, 15) is 9.90 Å². The highest BCUT2D eigenvalue weighted by molar-refractivity contribution is 7.17. The number of nitrogens with one attached hydrogen (secondary N) is 1. The molecule has 2 aromatic heterocycles. The van der Waals surface area contributed by atoms with Gasteiger partial charge in [0.1, 0.15) is 10.4 Å². The number of phenols is 1. The highest BCUT2D eigenvalue weighted by Crippen LogP contribution is 2.33. The van der Waals surface area contributed by atoms with Crippen molar-refractivity contribution in [1.82, 2.24) is 14.8 Å². The Kier molecular flexibility index (Phi) is 5.21. The minimum atomic E-state index is -0.0490. The summed E-state index contributed by atoms with van der Waals surface area (Å²) in [6.07, 6.45) is 3.27. The van der Waals surface area contributed by atoms with Crippen molar-refractivity contribution in [2.75, 3.05) is 40.3 Å². The molecule has 0 saturated carbocycles. The highest BCUT2D eigenvalue weighted by Gasteiger charge is 2.20. The molecule has 0 amide bonds. The van der Waals surface area contributed by atoms with Crippen molar-refractivity contribution in [2.24, 2.45) is 5.92 Å². The average Bonchev–Trinajstić information content (AvgIpc) is 3.13. The Labute approximate surface area is 163 Å². The van der Waals surface area contributed by atoms with Gasteiger partial charge in [-0.1, -0.05) is 0 Å². The van der Waals surface area contributed by atoms with E-state index in [1.165, 1.54) is 30.7 Å². The van der Waals surface area contributed by atoms with Crippen LogP contribution in [0.4, 0.5) is 0 Å². The molecule has 1 aliphatic rings. The van der Waals surface area contributed by atoms with Crippen LogP contribution in [0.25, 0.3) is 21.0 Å². The topological polar surface area (TPSA) is 59.6 Å². The van der Waals surface area contributed by atoms with Crippen LogP contribution in [0.15, 0.2) is 28.4 Å². The lowest BCUT2D eigenvalue weighted by Gasteiger charge is -2.33. The first-order valence-corrected chi connectivity index (χ1v) is 10.5. The standard InChI is InChI=1S/C21H27N3O2S/c1-23(2)13-14-5-9-24(10-6-14)11-7-15-18(25)4-3-17-19(15)16-8-12-27-20(16)21(26)22-17/h3-4,8,12,14,25H,5-7,9-11,13H2,1-2H3,(H,22,26). The number of piperidine rings is 1. The van der Waals surface area contributed by atoms with Gasteiger partial charge >= 0.3 is 0 Å². The summed E-state index contributed by atoms with van der Waals surface area (Å²) in [6, 6.07) is 5.50. The van der Waals surface area contributed by atoms with Gasteiger partial charge in [-0.2, -0.15) is 0 Å². The first-order valence-electron chi connectivity index (χ1n) is 9.64. The Balaban J connectivity index is 1.55. The molecule has 5 nitrogen and oxygen atoms in total. The van der Waals surface area contributed by atoms with E-state index in [1.54, 1.807) is 12.1 Å². The number of phenolic OH excluding ortho intramolecular Hbond substituents is 1. The number of rotatable bonds is 5. The first kappa shape index (κ1) is 18.5. The van der Waals surface area contributed by atoms with Crippen molar-refractivity contribution >= 4 is 32.3 Å². The number of hydrogen-bond donors (Lipinski definition) is 2. The van der Waals surface area contributed by atoms with Gasteiger partial charge in [-0.15, -0.1) is 11.3 Å². The van der Waals surface area contributed by atoms with E-state index in [-0.39, 0.29) is 5.56 Å². The van der Waals surface area contributed by atoms with Gasteiger partial charge in [0.05, 0.1) is 0 Å². The molecule has 0 atom stereocenters. The molecule has 144 valence electrons. The number of H-pyrrole nitrogens is 1. The van der Waals surface area contributed by atoms with Crippen molar-refractivity contribution < 1.29 is 5.11 Å². The number of likely N-dealkylation sites (tertiary alicyclic amines) is 1. The number of aromatic amines is 1. The van der Waals surface area contributed by atoms with Crippen LogP contribution in [0.2, 0.25) is 0 Å². The fraction of sp³-hybridized carbons (Fsp3) is 0.476. The Bertz CT molecular complexity index is 1000. The molecule has 1 saturated heterocycles. The van der Waals surface area contributed by atoms with Crippen LogP contribution in [0.1, 0.15) is 18.4 Å². The summed E-state index contributed by atoms with van der Waals surface area (Å²) < 4.78 is 0.735. The van der Waals surface area contributed by atoms with Crippen molar-refractivity contribution in [2.45, 2.75) is 19.3 Å². The summed E-state index contributed by atoms with van der Waals surface area (Å²) in [4.78, 5) is 20.0. The van der Waals surface area contributed by atoms with Crippen LogP contribution in [0.5, 0.6) is 5.75 Å². The Morgan fingerprint density at radius 3 is 2.78 bits per heavy atom. The predicted molar refractivity (Wildman–Crippen MR) is 113 cm³/mol. The molecule has 0 bridgehead atoms. The minimum Gasteiger partial charge on any atom is -0.508 e. The third-order valence-electron chi connectivity index (χ3n) is 5.69. The molecule has 3 heterocycles. The fourth-order valence-electron chi connectivity index (χ4n) is 4.34. The van der Waals surface area contributed by atoms with Crippen molar-refractivity contribution in [1.29, 1.82) is 0 Å². The van der Waals surface area contributed by atoms with Crippen LogP contribution in [0.3, 0.4) is 0 Å². The Morgan fingerprint density at radius 2 is 2.04 bits per heavy atom. The number of fused-ring (bicyclic) bond motifs is 3. The highest BCUT2D eigenvalue weighted by atomic mass is 32.1. The number of hydrogen-bond acceptors (Lipinski definition) is 5. The monoisotopic (exact) mass is 385 g/mol. The molecule has 0 radical (unpaired) electrons. The van der Waals surface area contributed by atoms with Crippen LogP contribution >= 0.6 is 11.3 Å². The number of benzene rings is 1. The van der Waals surface area contributed by atoms with Crippen molar-refractivity contribution in [3.63, 3.8) is 0 Å². The molecule has 0 spiro atoms. The summed E-state index contributed by atoms with van der Waals surface area (Å²) in [5.74, 6) is 1.11. The lowest BCUT2D eigenvalue weighted by atomic mass is 9.95. The van der Waals surface area contributed by atoms with E-state index in [0.29, 0.717) is 5.75 Å². The third kappa shape index (κ3) is 3.74. The number of aromatic hydroxyl groups is 1. The van der Waals surface area contributed by atoms with E-state index < -0.39 is 0 Å². The summed E-state index contributed by atoms with van der Waals surface area (Å²) in [7, 11) is 4.29. The Hall–Kier alpha value is -1.89. The van der Waals surface area contributed by atoms with E-state index in [4.69, 9.17) is 0 Å². The van der Waals surface area contributed by atoms with Gasteiger partial charge < -0.3 is 19.9 Å². The number of pyridine rings is 1. The predicted octanol–water partition coefficient (Wildman–Crippen LogP) is 3.26. The zero-order chi connectivity index (χ0) is 19.0. The second kappa shape index (κ2) is 7.62. The van der Waals surface area contributed by atoms with Crippen LogP contribution < -0.4 is 5.56 Å². The van der Waals surface area contributed by atoms with Crippen molar-refractivity contribution in [3.8, 4) is 5.75 Å². The fourth-order valence-corrected chi connectivity index (χ4v) is 5.14.